The largest absolute Gasteiger partial charge is 0.330 e. The van der Waals surface area contributed by atoms with E-state index in [4.69, 9.17) is 5.73 Å². The van der Waals surface area contributed by atoms with E-state index in [0.717, 1.165) is 23.3 Å². The number of carbonyl (C=O) groups is 1. The Kier molecular flexibility index (Phi) is 4.06. The quantitative estimate of drug-likeness (QED) is 0.926. The molecule has 2 rings (SSSR count). The predicted molar refractivity (Wildman–Crippen MR) is 73.2 cm³/mol. The lowest BCUT2D eigenvalue weighted by Gasteiger charge is -2.16. The molecule has 0 radical (unpaired) electrons. The first-order valence-corrected chi connectivity index (χ1v) is 7.21. The van der Waals surface area contributed by atoms with Crippen LogP contribution in [0, 0.1) is 0 Å². The Balaban J connectivity index is 2.08. The first kappa shape index (κ1) is 12.9. The van der Waals surface area contributed by atoms with Gasteiger partial charge in [-0.15, -0.1) is 11.3 Å². The molecule has 4 nitrogen and oxygen atoms in total. The zero-order valence-electron chi connectivity index (χ0n) is 9.73. The number of thiophene rings is 1. The molecular weight excluding hydrogens is 302 g/mol. The van der Waals surface area contributed by atoms with Gasteiger partial charge in [0.15, 0.2) is 0 Å². The molecule has 6 heteroatoms. The van der Waals surface area contributed by atoms with Gasteiger partial charge in [-0.2, -0.15) is 0 Å². The van der Waals surface area contributed by atoms with E-state index in [2.05, 4.69) is 22.0 Å². The van der Waals surface area contributed by atoms with E-state index in [0.29, 0.717) is 6.54 Å². The fraction of sp³-hybridized carbons (Fsp3) is 0.545. The minimum Gasteiger partial charge on any atom is -0.330 e. The van der Waals surface area contributed by atoms with Gasteiger partial charge in [0.2, 0.25) is 0 Å². The summed E-state index contributed by atoms with van der Waals surface area (Å²) in [4.78, 5) is 16.9. The first-order chi connectivity index (χ1) is 8.13. The summed E-state index contributed by atoms with van der Waals surface area (Å²) in [6.45, 7) is 2.15. The van der Waals surface area contributed by atoms with E-state index in [1.54, 1.807) is 11.3 Å². The van der Waals surface area contributed by atoms with Gasteiger partial charge in [0.25, 0.3) is 0 Å². The molecule has 0 aliphatic carbocycles. The van der Waals surface area contributed by atoms with Crippen LogP contribution in [0.2, 0.25) is 0 Å². The summed E-state index contributed by atoms with van der Waals surface area (Å²) in [6, 6.07) is 4.39. The Morgan fingerprint density at radius 1 is 1.59 bits per heavy atom. The molecule has 94 valence electrons. The summed E-state index contributed by atoms with van der Waals surface area (Å²) < 4.78 is 1.11. The minimum absolute atomic E-state index is 0.105. The number of hydrogen-bond donors (Lipinski definition) is 1. The summed E-state index contributed by atoms with van der Waals surface area (Å²) in [5.41, 5.74) is 5.48. The molecule has 2 N–H and O–H groups in total. The fourth-order valence-electron chi connectivity index (χ4n) is 2.02. The van der Waals surface area contributed by atoms with Gasteiger partial charge in [-0.25, -0.2) is 4.79 Å². The zero-order valence-corrected chi connectivity index (χ0v) is 12.1. The van der Waals surface area contributed by atoms with Crippen molar-refractivity contribution in [2.24, 2.45) is 5.73 Å². The van der Waals surface area contributed by atoms with E-state index in [-0.39, 0.29) is 12.1 Å². The third-order valence-corrected chi connectivity index (χ3v) is 4.71. The van der Waals surface area contributed by atoms with E-state index >= 15 is 0 Å². The van der Waals surface area contributed by atoms with Gasteiger partial charge in [-0.3, -0.25) is 0 Å². The lowest BCUT2D eigenvalue weighted by molar-refractivity contribution is 0.195. The van der Waals surface area contributed by atoms with E-state index < -0.39 is 0 Å². The number of rotatable bonds is 4. The van der Waals surface area contributed by atoms with Crippen molar-refractivity contribution in [1.82, 2.24) is 9.80 Å². The molecule has 1 unspecified atom stereocenters. The smallest absolute Gasteiger partial charge is 0.320 e. The molecule has 1 aliphatic heterocycles. The van der Waals surface area contributed by atoms with E-state index in [1.165, 1.54) is 4.88 Å². The Bertz CT molecular complexity index is 409. The monoisotopic (exact) mass is 317 g/mol. The van der Waals surface area contributed by atoms with Crippen LogP contribution < -0.4 is 5.73 Å². The molecule has 0 saturated carbocycles. The molecule has 1 aromatic heterocycles. The van der Waals surface area contributed by atoms with Crippen molar-refractivity contribution in [3.8, 4) is 0 Å². The van der Waals surface area contributed by atoms with Gasteiger partial charge < -0.3 is 15.5 Å². The van der Waals surface area contributed by atoms with Crippen LogP contribution in [0.1, 0.15) is 17.3 Å². The molecule has 0 bridgehead atoms. The van der Waals surface area contributed by atoms with E-state index in [9.17, 15) is 4.79 Å². The average Bonchev–Trinajstić information content (AvgIpc) is 2.84. The highest BCUT2D eigenvalue weighted by molar-refractivity contribution is 9.11. The van der Waals surface area contributed by atoms with Crippen LogP contribution in [-0.4, -0.2) is 42.5 Å². The highest BCUT2D eigenvalue weighted by atomic mass is 79.9. The van der Waals surface area contributed by atoms with Crippen molar-refractivity contribution in [2.75, 3.05) is 26.7 Å². The molecule has 1 aromatic rings. The number of carbonyl (C=O) groups excluding carboxylic acids is 1. The molecule has 1 atom stereocenters. The van der Waals surface area contributed by atoms with Crippen LogP contribution in [0.3, 0.4) is 0 Å². The zero-order chi connectivity index (χ0) is 12.4. The van der Waals surface area contributed by atoms with Crippen LogP contribution in [-0.2, 0) is 0 Å². The van der Waals surface area contributed by atoms with Gasteiger partial charge in [0.05, 0.1) is 9.83 Å². The molecule has 1 saturated heterocycles. The Labute approximate surface area is 114 Å². The number of nitrogens with zero attached hydrogens (tertiary/aromatic N) is 2. The van der Waals surface area contributed by atoms with Crippen molar-refractivity contribution >= 4 is 33.3 Å². The Morgan fingerprint density at radius 3 is 2.94 bits per heavy atom. The molecule has 1 fully saturated rings. The normalized spacial score (nSPS) is 20.4. The van der Waals surface area contributed by atoms with Crippen LogP contribution >= 0.6 is 27.3 Å². The summed E-state index contributed by atoms with van der Waals surface area (Å²) in [6.07, 6.45) is 0.862. The lowest BCUT2D eigenvalue weighted by Crippen LogP contribution is -2.31. The lowest BCUT2D eigenvalue weighted by atomic mass is 10.2. The number of urea groups is 1. The third kappa shape index (κ3) is 2.64. The maximum atomic E-state index is 12.0. The number of likely N-dealkylation sites (N-methyl/N-ethyl adjacent to an activating group) is 1. The maximum Gasteiger partial charge on any atom is 0.320 e. The third-order valence-electron chi connectivity index (χ3n) is 2.99. The van der Waals surface area contributed by atoms with Crippen molar-refractivity contribution in [1.29, 1.82) is 0 Å². The van der Waals surface area contributed by atoms with Gasteiger partial charge in [-0.1, -0.05) is 0 Å². The summed E-state index contributed by atoms with van der Waals surface area (Å²) in [5, 5.41) is 0. The fourth-order valence-corrected chi connectivity index (χ4v) is 3.58. The van der Waals surface area contributed by atoms with Crippen LogP contribution in [0.4, 0.5) is 4.79 Å². The highest BCUT2D eigenvalue weighted by Gasteiger charge is 2.35. The second-order valence-electron chi connectivity index (χ2n) is 4.14. The minimum atomic E-state index is 0.105. The van der Waals surface area contributed by atoms with Crippen LogP contribution in [0.25, 0.3) is 0 Å². The molecule has 2 amide bonds. The molecule has 0 aromatic carbocycles. The maximum absolute atomic E-state index is 12.0. The summed E-state index contributed by atoms with van der Waals surface area (Å²) in [5.74, 6) is 0. The molecule has 2 heterocycles. The number of amides is 2. The Morgan fingerprint density at radius 2 is 2.35 bits per heavy atom. The van der Waals surface area contributed by atoms with Gasteiger partial charge >= 0.3 is 6.03 Å². The van der Waals surface area contributed by atoms with Crippen LogP contribution in [0.15, 0.2) is 15.9 Å². The van der Waals surface area contributed by atoms with Crippen molar-refractivity contribution in [3.05, 3.63) is 20.8 Å². The standard InChI is InChI=1S/C11H16BrN3OS/c1-14-8(9-3-4-10(12)17-9)7-15(11(14)16)6-2-5-13/h3-4,8H,2,5-7,13H2,1H3. The van der Waals surface area contributed by atoms with Crippen molar-refractivity contribution in [2.45, 2.75) is 12.5 Å². The summed E-state index contributed by atoms with van der Waals surface area (Å²) >= 11 is 5.14. The number of halogens is 1. The summed E-state index contributed by atoms with van der Waals surface area (Å²) in [7, 11) is 1.86. The Hall–Kier alpha value is -0.590. The predicted octanol–water partition coefficient (Wildman–Crippen LogP) is 2.27. The SMILES string of the molecule is CN1C(=O)N(CCCN)CC1c1ccc(Br)s1. The molecule has 17 heavy (non-hydrogen) atoms. The molecule has 0 spiro atoms. The highest BCUT2D eigenvalue weighted by Crippen LogP contribution is 2.34. The van der Waals surface area contributed by atoms with E-state index in [1.807, 2.05) is 22.9 Å². The number of nitrogens with two attached hydrogens (primary N) is 1. The first-order valence-electron chi connectivity index (χ1n) is 5.60. The molecule has 1 aliphatic rings. The van der Waals surface area contributed by atoms with Crippen molar-refractivity contribution < 1.29 is 4.79 Å². The van der Waals surface area contributed by atoms with Gasteiger partial charge in [0.1, 0.15) is 0 Å². The van der Waals surface area contributed by atoms with Gasteiger partial charge in [0, 0.05) is 25.0 Å². The molecular formula is C11H16BrN3OS. The second-order valence-corrected chi connectivity index (χ2v) is 6.63. The average molecular weight is 318 g/mol. The number of hydrogen-bond acceptors (Lipinski definition) is 3. The van der Waals surface area contributed by atoms with Crippen molar-refractivity contribution in [3.63, 3.8) is 0 Å². The van der Waals surface area contributed by atoms with Crippen LogP contribution in [0.5, 0.6) is 0 Å². The second kappa shape index (κ2) is 5.37. The topological polar surface area (TPSA) is 49.6 Å². The van der Waals surface area contributed by atoms with Gasteiger partial charge in [-0.05, 0) is 41.0 Å².